The van der Waals surface area contributed by atoms with Crippen LogP contribution in [0.2, 0.25) is 0 Å². The number of halogens is 1. The summed E-state index contributed by atoms with van der Waals surface area (Å²) in [5, 5.41) is 6.89. The van der Waals surface area contributed by atoms with E-state index < -0.39 is 11.9 Å². The molecule has 3 rings (SSSR count). The first-order valence-electron chi connectivity index (χ1n) is 9.84. The van der Waals surface area contributed by atoms with Crippen molar-refractivity contribution in [2.45, 2.75) is 20.3 Å². The van der Waals surface area contributed by atoms with Gasteiger partial charge in [0.15, 0.2) is 0 Å². The number of nitrogens with zero attached hydrogens (tertiary/aromatic N) is 2. The van der Waals surface area contributed by atoms with Gasteiger partial charge in [0.25, 0.3) is 12.4 Å². The Balaban J connectivity index is 0.000000819. The van der Waals surface area contributed by atoms with Gasteiger partial charge < -0.3 is 19.5 Å². The molecule has 0 saturated heterocycles. The van der Waals surface area contributed by atoms with Crippen molar-refractivity contribution in [2.24, 2.45) is 4.99 Å². The van der Waals surface area contributed by atoms with Gasteiger partial charge in [0, 0.05) is 24.4 Å². The zero-order valence-corrected chi connectivity index (χ0v) is 18.4. The van der Waals surface area contributed by atoms with Gasteiger partial charge in [-0.2, -0.15) is 0 Å². The molecule has 8 nitrogen and oxygen atoms in total. The second-order valence-corrected chi connectivity index (χ2v) is 6.31. The van der Waals surface area contributed by atoms with Gasteiger partial charge in [0.2, 0.25) is 0 Å². The minimum absolute atomic E-state index is 0.0538. The third-order valence-electron chi connectivity index (χ3n) is 4.07. The molecular formula is C24H25FN2O6. The van der Waals surface area contributed by atoms with Crippen LogP contribution in [0, 0.1) is 18.2 Å². The predicted molar refractivity (Wildman–Crippen MR) is 120 cm³/mol. The van der Waals surface area contributed by atoms with Crippen molar-refractivity contribution in [3.63, 3.8) is 0 Å². The Morgan fingerprint density at radius 1 is 1.39 bits per heavy atom. The molecular weight excluding hydrogens is 431 g/mol. The number of hydrogen-bond donors (Lipinski definition) is 1. The number of carbonyl (C=O) groups excluding carboxylic acids is 2. The number of hydrogen-bond acceptors (Lipinski definition) is 6. The number of benzene rings is 1. The highest BCUT2D eigenvalue weighted by molar-refractivity contribution is 6.16. The van der Waals surface area contributed by atoms with Gasteiger partial charge in [-0.1, -0.05) is 12.1 Å². The molecule has 0 radical (unpaired) electrons. The molecule has 0 atom stereocenters. The van der Waals surface area contributed by atoms with Crippen molar-refractivity contribution >= 4 is 24.6 Å². The molecule has 0 unspecified atom stereocenters. The Kier molecular flexibility index (Phi) is 12.0. The fraction of sp³-hybridized carbons (Fsp3) is 0.250. The lowest BCUT2D eigenvalue weighted by atomic mass is 10.0. The quantitative estimate of drug-likeness (QED) is 0.323. The lowest BCUT2D eigenvalue weighted by Gasteiger charge is -2.26. The molecule has 2 aliphatic rings. The molecule has 0 aromatic heterocycles. The number of esters is 1. The summed E-state index contributed by atoms with van der Waals surface area (Å²) >= 11 is 0. The van der Waals surface area contributed by atoms with Crippen molar-refractivity contribution in [3.8, 4) is 12.3 Å². The molecule has 2 aliphatic heterocycles. The van der Waals surface area contributed by atoms with Gasteiger partial charge in [-0.05, 0) is 37.6 Å². The van der Waals surface area contributed by atoms with E-state index >= 15 is 0 Å². The van der Waals surface area contributed by atoms with Crippen molar-refractivity contribution < 1.29 is 33.4 Å². The number of allylic oxidation sites excluding steroid dienone is 1. The smallest absolute Gasteiger partial charge is 0.343 e. The van der Waals surface area contributed by atoms with Crippen molar-refractivity contribution in [3.05, 3.63) is 71.1 Å². The zero-order chi connectivity index (χ0) is 24.6. The van der Waals surface area contributed by atoms with E-state index in [9.17, 15) is 14.0 Å². The third kappa shape index (κ3) is 8.83. The first kappa shape index (κ1) is 26.8. The van der Waals surface area contributed by atoms with Gasteiger partial charge in [0.05, 0.1) is 19.7 Å². The summed E-state index contributed by atoms with van der Waals surface area (Å²) in [6.45, 7) is 3.57. The average Bonchev–Trinajstić information content (AvgIpc) is 2.80. The van der Waals surface area contributed by atoms with E-state index in [4.69, 9.17) is 19.4 Å². The summed E-state index contributed by atoms with van der Waals surface area (Å²) in [6.07, 6.45) is 11.1. The molecule has 1 aromatic rings. The summed E-state index contributed by atoms with van der Waals surface area (Å²) in [7, 11) is 0. The minimum Gasteiger partial charge on any atom is -0.483 e. The van der Waals surface area contributed by atoms with Crippen LogP contribution in [0.4, 0.5) is 4.39 Å². The van der Waals surface area contributed by atoms with E-state index in [1.807, 2.05) is 0 Å². The summed E-state index contributed by atoms with van der Waals surface area (Å²) in [5.74, 6) is 1.35. The first-order chi connectivity index (χ1) is 15.9. The van der Waals surface area contributed by atoms with Gasteiger partial charge in [-0.25, -0.2) is 9.18 Å². The van der Waals surface area contributed by atoms with E-state index in [-0.39, 0.29) is 37.6 Å². The van der Waals surface area contributed by atoms with Gasteiger partial charge in [-0.3, -0.25) is 14.6 Å². The first-order valence-corrected chi connectivity index (χ1v) is 9.84. The van der Waals surface area contributed by atoms with Gasteiger partial charge in [0.1, 0.15) is 23.4 Å². The van der Waals surface area contributed by atoms with E-state index in [1.165, 1.54) is 35.6 Å². The van der Waals surface area contributed by atoms with Crippen LogP contribution in [-0.4, -0.2) is 54.3 Å². The zero-order valence-electron chi connectivity index (χ0n) is 18.4. The molecule has 2 heterocycles. The second kappa shape index (κ2) is 14.8. The number of carbonyl (C=O) groups is 3. The van der Waals surface area contributed by atoms with Crippen LogP contribution < -0.4 is 0 Å². The van der Waals surface area contributed by atoms with Crippen LogP contribution in [0.25, 0.3) is 0 Å². The number of terminal acetylenes is 1. The Hall–Kier alpha value is -4.19. The van der Waals surface area contributed by atoms with E-state index in [0.29, 0.717) is 12.2 Å². The molecule has 33 heavy (non-hydrogen) atoms. The fourth-order valence-corrected chi connectivity index (χ4v) is 2.71. The summed E-state index contributed by atoms with van der Waals surface area (Å²) in [6, 6.07) is 6.17. The molecule has 9 heteroatoms. The predicted octanol–water partition coefficient (Wildman–Crippen LogP) is 2.87. The number of ether oxygens (including phenoxy) is 2. The maximum absolute atomic E-state index is 13.1. The molecule has 2 bridgehead atoms. The largest absolute Gasteiger partial charge is 0.483 e. The van der Waals surface area contributed by atoms with E-state index in [0.717, 1.165) is 11.1 Å². The highest BCUT2D eigenvalue weighted by Gasteiger charge is 2.27. The van der Waals surface area contributed by atoms with Crippen LogP contribution in [0.1, 0.15) is 19.4 Å². The second-order valence-electron chi connectivity index (χ2n) is 6.31. The van der Waals surface area contributed by atoms with Gasteiger partial charge in [-0.15, -0.1) is 12.3 Å². The fourth-order valence-electron chi connectivity index (χ4n) is 2.71. The summed E-state index contributed by atoms with van der Waals surface area (Å²) in [4.78, 5) is 38.8. The van der Waals surface area contributed by atoms with Crippen molar-refractivity contribution in [2.75, 3.05) is 19.7 Å². The number of fused-ring (bicyclic) bond motifs is 2. The highest BCUT2D eigenvalue weighted by atomic mass is 19.1. The normalized spacial score (nSPS) is 18.1. The molecule has 1 amide bonds. The van der Waals surface area contributed by atoms with E-state index in [2.05, 4.69) is 17.3 Å². The van der Waals surface area contributed by atoms with Gasteiger partial charge >= 0.3 is 5.97 Å². The number of amides is 1. The molecule has 1 aromatic carbocycles. The summed E-state index contributed by atoms with van der Waals surface area (Å²) in [5.41, 5.74) is 1.61. The number of carboxylic acid groups (broad SMARTS) is 1. The molecule has 0 spiro atoms. The standard InChI is InChI=1S/C20H19FN2O4.C3H4.CH2O2/c1-2-26-20(25)17-7-8-22-12-15(11-14-3-5-16(21)6-4-14)18-13-23(19(17)24)9-10-27-18;1-3-2;2-1-3/h3-7,9-10,12H,2,8,11,13H2,1H3;1H,2H3;1H,(H,2,3)/b17-7+,18-15+,22-12?;;. The topological polar surface area (TPSA) is 105 Å². The molecule has 1 N–H and O–H groups in total. The van der Waals surface area contributed by atoms with Crippen LogP contribution >= 0.6 is 0 Å². The monoisotopic (exact) mass is 456 g/mol. The summed E-state index contributed by atoms with van der Waals surface area (Å²) < 4.78 is 23.7. The molecule has 0 fully saturated rings. The maximum atomic E-state index is 13.1. The highest BCUT2D eigenvalue weighted by Crippen LogP contribution is 2.20. The van der Waals surface area contributed by atoms with E-state index in [1.54, 1.807) is 32.2 Å². The van der Waals surface area contributed by atoms with Crippen LogP contribution in [0.5, 0.6) is 0 Å². The Labute approximate surface area is 191 Å². The van der Waals surface area contributed by atoms with Crippen molar-refractivity contribution in [1.82, 2.24) is 4.90 Å². The number of aliphatic imine (C=N–C) groups is 1. The maximum Gasteiger partial charge on any atom is 0.343 e. The lowest BCUT2D eigenvalue weighted by Crippen LogP contribution is -2.35. The average molecular weight is 456 g/mol. The Morgan fingerprint density at radius 2 is 2.03 bits per heavy atom. The van der Waals surface area contributed by atoms with Crippen LogP contribution in [0.3, 0.4) is 0 Å². The molecule has 0 saturated carbocycles. The Morgan fingerprint density at radius 3 is 2.64 bits per heavy atom. The van der Waals surface area contributed by atoms with Crippen LogP contribution in [-0.2, 0) is 30.3 Å². The SMILES string of the molecule is C#CC.CCOC(=O)/C1=C/CN=C/C(Cc2ccc(F)cc2)=C2\CN(C=CO2)C1=O.O=CO. The van der Waals surface area contributed by atoms with Crippen molar-refractivity contribution in [1.29, 1.82) is 0 Å². The molecule has 174 valence electrons. The number of rotatable bonds is 4. The minimum atomic E-state index is -0.671. The molecule has 0 aliphatic carbocycles. The van der Waals surface area contributed by atoms with Crippen LogP contribution in [0.15, 0.2) is 64.7 Å². The third-order valence-corrected chi connectivity index (χ3v) is 4.07. The Bertz CT molecular complexity index is 987. The lowest BCUT2D eigenvalue weighted by molar-refractivity contribution is -0.141.